The molecule has 0 aliphatic carbocycles. The van der Waals surface area contributed by atoms with Crippen LogP contribution in [0.3, 0.4) is 0 Å². The van der Waals surface area contributed by atoms with Gasteiger partial charge in [-0.1, -0.05) is 55.3 Å². The zero-order valence-corrected chi connectivity index (χ0v) is 19.1. The predicted molar refractivity (Wildman–Crippen MR) is 93.5 cm³/mol. The summed E-state index contributed by atoms with van der Waals surface area (Å²) in [6.45, 7) is 2.23. The normalized spacial score (nSPS) is 8.95. The first-order valence-electron chi connectivity index (χ1n) is 6.62. The van der Waals surface area contributed by atoms with E-state index < -0.39 is 0 Å². The van der Waals surface area contributed by atoms with Crippen LogP contribution in [0.25, 0.3) is 21.9 Å². The summed E-state index contributed by atoms with van der Waals surface area (Å²) in [5.41, 5.74) is 4.10. The summed E-state index contributed by atoms with van der Waals surface area (Å²) in [5, 5.41) is 2.74. The van der Waals surface area contributed by atoms with Crippen molar-refractivity contribution >= 4 is 35.6 Å². The molecule has 22 heavy (non-hydrogen) atoms. The largest absolute Gasteiger partial charge is 0.164 e. The fourth-order valence-electron chi connectivity index (χ4n) is 2.60. The Hall–Kier alpha value is 0.396. The Bertz CT molecular complexity index is 663. The van der Waals surface area contributed by atoms with E-state index in [9.17, 15) is 0 Å². The van der Waals surface area contributed by atoms with E-state index in [0.29, 0.717) is 0 Å². The first-order chi connectivity index (χ1) is 8.88. The van der Waals surface area contributed by atoms with E-state index >= 15 is 0 Å². The van der Waals surface area contributed by atoms with Crippen molar-refractivity contribution in [1.82, 2.24) is 0 Å². The van der Waals surface area contributed by atoms with Gasteiger partial charge in [-0.2, -0.15) is 6.07 Å². The first-order valence-corrected chi connectivity index (χ1v) is 6.62. The van der Waals surface area contributed by atoms with Gasteiger partial charge in [0.15, 0.2) is 0 Å². The second-order valence-corrected chi connectivity index (χ2v) is 4.79. The molecule has 4 heteroatoms. The minimum absolute atomic E-state index is 0. The predicted octanol–water partition coefficient (Wildman–Crippen LogP) is 6.02. The number of aryl methyl sites for hydroxylation is 1. The van der Waals surface area contributed by atoms with Crippen LogP contribution in [0.2, 0.25) is 0 Å². The van der Waals surface area contributed by atoms with Gasteiger partial charge in [-0.05, 0) is 12.0 Å². The molecule has 0 saturated heterocycles. The Kier molecular flexibility index (Phi) is 13.3. The third kappa shape index (κ3) is 5.49. The van der Waals surface area contributed by atoms with E-state index in [1.165, 1.54) is 40.3 Å². The molecule has 0 radical (unpaired) electrons. The number of benzene rings is 2. The number of rotatable bonds is 3. The van der Waals surface area contributed by atoms with Crippen LogP contribution in [0.5, 0.6) is 0 Å². The number of fused-ring (bicyclic) bond motifs is 1. The summed E-state index contributed by atoms with van der Waals surface area (Å²) >= 11 is 0. The monoisotopic (exact) mass is 485 g/mol. The van der Waals surface area contributed by atoms with Crippen LogP contribution in [-0.4, -0.2) is 0 Å². The van der Waals surface area contributed by atoms with Crippen LogP contribution >= 0.6 is 24.8 Å². The van der Waals surface area contributed by atoms with E-state index in [-0.39, 0.29) is 77.2 Å². The Labute approximate surface area is 183 Å². The molecule has 0 saturated carbocycles. The third-order valence-electron chi connectivity index (χ3n) is 3.43. The maximum Gasteiger partial charge on any atom is 0 e. The van der Waals surface area contributed by atoms with Gasteiger partial charge < -0.3 is 0 Å². The van der Waals surface area contributed by atoms with Crippen LogP contribution in [0.4, 0.5) is 0 Å². The molecule has 3 aromatic carbocycles. The molecule has 0 bridgehead atoms. The summed E-state index contributed by atoms with van der Waals surface area (Å²) in [6, 6.07) is 21.9. The minimum Gasteiger partial charge on any atom is -0.164 e. The second-order valence-electron chi connectivity index (χ2n) is 4.79. The first kappa shape index (κ1) is 24.6. The van der Waals surface area contributed by atoms with Crippen molar-refractivity contribution in [2.24, 2.45) is 0 Å². The summed E-state index contributed by atoms with van der Waals surface area (Å²) in [4.78, 5) is 0. The van der Waals surface area contributed by atoms with Crippen LogP contribution in [0.1, 0.15) is 18.9 Å². The molecule has 0 N–H and O–H groups in total. The molecule has 0 fully saturated rings. The van der Waals surface area contributed by atoms with E-state index in [1.54, 1.807) is 0 Å². The van der Waals surface area contributed by atoms with Gasteiger partial charge >= 0.3 is 0 Å². The molecule has 0 heterocycles. The van der Waals surface area contributed by atoms with Crippen molar-refractivity contribution in [3.63, 3.8) is 0 Å². The van der Waals surface area contributed by atoms with Crippen LogP contribution in [-0.2, 0) is 58.8 Å². The summed E-state index contributed by atoms with van der Waals surface area (Å²) in [7, 11) is 0. The molecule has 0 aliphatic heterocycles. The fraction of sp³-hybridized carbons (Fsp3) is 0.167. The van der Waals surface area contributed by atoms with Gasteiger partial charge in [0.2, 0.25) is 0 Å². The Morgan fingerprint density at radius 1 is 0.864 bits per heavy atom. The zero-order chi connectivity index (χ0) is 12.4. The van der Waals surface area contributed by atoms with Gasteiger partial charge in [-0.25, -0.2) is 0 Å². The van der Waals surface area contributed by atoms with Crippen molar-refractivity contribution < 1.29 is 52.4 Å². The SMILES string of the molecule is CCCc1cc2c(-c3ccccc3)cccc2[cH-]1.Cl.Cl.[Zr].[Zr]. The van der Waals surface area contributed by atoms with Gasteiger partial charge in [0.05, 0.1) is 0 Å². The van der Waals surface area contributed by atoms with Crippen molar-refractivity contribution in [3.8, 4) is 11.1 Å². The van der Waals surface area contributed by atoms with Crippen molar-refractivity contribution in [2.45, 2.75) is 19.8 Å². The molecule has 0 unspecified atom stereocenters. The fourth-order valence-corrected chi connectivity index (χ4v) is 2.60. The summed E-state index contributed by atoms with van der Waals surface area (Å²) < 4.78 is 0. The van der Waals surface area contributed by atoms with Crippen molar-refractivity contribution in [2.75, 3.05) is 0 Å². The molecule has 0 nitrogen and oxygen atoms in total. The molecule has 0 aromatic heterocycles. The van der Waals surface area contributed by atoms with Crippen LogP contribution in [0.15, 0.2) is 60.7 Å². The average Bonchev–Trinajstić information content (AvgIpc) is 2.82. The number of halogens is 2. The molecule has 0 amide bonds. The van der Waals surface area contributed by atoms with Gasteiger partial charge in [-0.15, -0.1) is 59.3 Å². The average molecular weight is 489 g/mol. The second kappa shape index (κ2) is 11.9. The summed E-state index contributed by atoms with van der Waals surface area (Å²) in [6.07, 6.45) is 2.37. The molecule has 114 valence electrons. The topological polar surface area (TPSA) is 0 Å². The molecular weight excluding hydrogens is 470 g/mol. The zero-order valence-electron chi connectivity index (χ0n) is 12.5. The quantitative estimate of drug-likeness (QED) is 0.396. The Morgan fingerprint density at radius 3 is 2.18 bits per heavy atom. The molecule has 0 atom stereocenters. The van der Waals surface area contributed by atoms with Crippen molar-refractivity contribution in [3.05, 3.63) is 66.2 Å². The standard InChI is InChI=1S/C18H17.2ClH.2Zr/c1-2-7-14-12-16-10-6-11-17(18(16)13-14)15-8-4-3-5-9-15;;;;/h3-6,8-13H,2,7H2,1H3;2*1H;;/q-1;;;;. The Balaban J connectivity index is 0. The van der Waals surface area contributed by atoms with E-state index in [4.69, 9.17) is 0 Å². The van der Waals surface area contributed by atoms with E-state index in [0.717, 1.165) is 0 Å². The molecule has 0 aliphatic rings. The van der Waals surface area contributed by atoms with Crippen LogP contribution < -0.4 is 0 Å². The molecule has 0 spiro atoms. The maximum absolute atomic E-state index is 2.35. The Morgan fingerprint density at radius 2 is 1.55 bits per heavy atom. The smallest absolute Gasteiger partial charge is 0 e. The molecule has 3 aromatic rings. The van der Waals surface area contributed by atoms with Gasteiger partial charge in [0.25, 0.3) is 0 Å². The molecular formula is C18H19Cl2Zr2-. The maximum atomic E-state index is 2.35. The van der Waals surface area contributed by atoms with E-state index in [1.807, 2.05) is 0 Å². The summed E-state index contributed by atoms with van der Waals surface area (Å²) in [5.74, 6) is 0. The van der Waals surface area contributed by atoms with E-state index in [2.05, 4.69) is 67.6 Å². The van der Waals surface area contributed by atoms with Gasteiger partial charge in [-0.3, -0.25) is 0 Å². The van der Waals surface area contributed by atoms with Gasteiger partial charge in [0.1, 0.15) is 0 Å². The number of hydrogen-bond donors (Lipinski definition) is 0. The van der Waals surface area contributed by atoms with Crippen LogP contribution in [0, 0.1) is 0 Å². The minimum atomic E-state index is 0. The number of hydrogen-bond acceptors (Lipinski definition) is 0. The molecule has 3 rings (SSSR count). The van der Waals surface area contributed by atoms with Crippen molar-refractivity contribution in [1.29, 1.82) is 0 Å². The third-order valence-corrected chi connectivity index (χ3v) is 3.43. The van der Waals surface area contributed by atoms with Gasteiger partial charge in [0, 0.05) is 52.4 Å².